The second-order valence-electron chi connectivity index (χ2n) is 1.72. The average molecular weight is 164 g/mol. The van der Waals surface area contributed by atoms with E-state index in [4.69, 9.17) is 15.7 Å². The van der Waals surface area contributed by atoms with E-state index in [0.29, 0.717) is 19.8 Å². The van der Waals surface area contributed by atoms with Crippen LogP contribution in [0.1, 0.15) is 0 Å². The highest BCUT2D eigenvalue weighted by Crippen LogP contribution is 1.73. The van der Waals surface area contributed by atoms with E-state index in [2.05, 4.69) is 10.2 Å². The molecule has 6 heteroatoms. The van der Waals surface area contributed by atoms with Crippen LogP contribution in [0, 0.1) is 0 Å². The molecule has 66 valence electrons. The van der Waals surface area contributed by atoms with Crippen LogP contribution in [0.4, 0.5) is 4.79 Å². The first-order chi connectivity index (χ1) is 5.27. The van der Waals surface area contributed by atoms with Crippen LogP contribution in [0.25, 0.3) is 0 Å². The summed E-state index contributed by atoms with van der Waals surface area (Å²) in [5, 5.41) is 10.2. The molecule has 0 aromatic carbocycles. The maximum absolute atomic E-state index is 9.88. The zero-order valence-corrected chi connectivity index (χ0v) is 6.08. The van der Waals surface area contributed by atoms with Crippen LogP contribution in [-0.4, -0.2) is 37.6 Å². The molecule has 0 spiro atoms. The zero-order chi connectivity index (χ0) is 8.53. The highest BCUT2D eigenvalue weighted by molar-refractivity contribution is 5.64. The summed E-state index contributed by atoms with van der Waals surface area (Å²) in [4.78, 5) is 14.1. The molecule has 4 N–H and O–H groups in total. The summed E-state index contributed by atoms with van der Waals surface area (Å²) >= 11 is 0. The van der Waals surface area contributed by atoms with E-state index < -0.39 is 6.09 Å². The Kier molecular flexibility index (Phi) is 6.70. The molecule has 0 aromatic heterocycles. The second kappa shape index (κ2) is 7.26. The summed E-state index contributed by atoms with van der Waals surface area (Å²) < 4.78 is 4.89. The number of carboxylic acid groups (broad SMARTS) is 1. The van der Waals surface area contributed by atoms with Gasteiger partial charge in [-0.2, -0.15) is 0 Å². The van der Waals surface area contributed by atoms with E-state index in [0.717, 1.165) is 0 Å². The lowest BCUT2D eigenvalue weighted by molar-refractivity contribution is 0.0489. The van der Waals surface area contributed by atoms with Gasteiger partial charge in [0.2, 0.25) is 0 Å². The second-order valence-corrected chi connectivity index (χ2v) is 1.72. The number of nitrogens with two attached hydrogens (primary N) is 1. The lowest BCUT2D eigenvalue weighted by Gasteiger charge is -2.02. The minimum atomic E-state index is -1.05. The molecule has 0 aliphatic rings. The molecular weight excluding hydrogens is 152 g/mol. The van der Waals surface area contributed by atoms with Crippen LogP contribution in [-0.2, 0) is 9.57 Å². The Morgan fingerprint density at radius 3 is 2.73 bits per heavy atom. The van der Waals surface area contributed by atoms with E-state index in [1.807, 2.05) is 0 Å². The van der Waals surface area contributed by atoms with Gasteiger partial charge >= 0.3 is 6.09 Å². The molecule has 0 saturated heterocycles. The Bertz CT molecular complexity index is 109. The first kappa shape index (κ1) is 10.2. The standard InChI is InChI=1S/C5H12N2O4/c6-11-4-3-10-2-1-7-5(8)9/h7H,1-4,6H2,(H,8,9). The van der Waals surface area contributed by atoms with Gasteiger partial charge in [0, 0.05) is 6.54 Å². The first-order valence-corrected chi connectivity index (χ1v) is 3.13. The summed E-state index contributed by atoms with van der Waals surface area (Å²) in [6.45, 7) is 1.29. The van der Waals surface area contributed by atoms with Crippen molar-refractivity contribution in [3.05, 3.63) is 0 Å². The van der Waals surface area contributed by atoms with Crippen molar-refractivity contribution in [3.63, 3.8) is 0 Å². The van der Waals surface area contributed by atoms with Crippen molar-refractivity contribution < 1.29 is 19.5 Å². The minimum absolute atomic E-state index is 0.278. The Morgan fingerprint density at radius 1 is 1.45 bits per heavy atom. The molecule has 0 unspecified atom stereocenters. The summed E-state index contributed by atoms with van der Waals surface area (Å²) in [6.07, 6.45) is -1.05. The zero-order valence-electron chi connectivity index (χ0n) is 6.08. The highest BCUT2D eigenvalue weighted by Gasteiger charge is 1.92. The van der Waals surface area contributed by atoms with Gasteiger partial charge in [-0.15, -0.1) is 0 Å². The van der Waals surface area contributed by atoms with E-state index in [1.54, 1.807) is 0 Å². The predicted molar refractivity (Wildman–Crippen MR) is 37.0 cm³/mol. The summed E-state index contributed by atoms with van der Waals surface area (Å²) in [6, 6.07) is 0. The van der Waals surface area contributed by atoms with Gasteiger partial charge in [-0.3, -0.25) is 0 Å². The van der Waals surface area contributed by atoms with Crippen LogP contribution in [0.15, 0.2) is 0 Å². The van der Waals surface area contributed by atoms with Crippen LogP contribution in [0.5, 0.6) is 0 Å². The minimum Gasteiger partial charge on any atom is -0.465 e. The lowest BCUT2D eigenvalue weighted by Crippen LogP contribution is -2.25. The van der Waals surface area contributed by atoms with Crippen LogP contribution in [0.2, 0.25) is 0 Å². The fraction of sp³-hybridized carbons (Fsp3) is 0.800. The van der Waals surface area contributed by atoms with Gasteiger partial charge in [-0.1, -0.05) is 0 Å². The van der Waals surface area contributed by atoms with Gasteiger partial charge in [0.25, 0.3) is 0 Å². The van der Waals surface area contributed by atoms with Gasteiger partial charge in [0.05, 0.1) is 19.8 Å². The molecule has 6 nitrogen and oxygen atoms in total. The third kappa shape index (κ3) is 9.15. The van der Waals surface area contributed by atoms with Crippen LogP contribution >= 0.6 is 0 Å². The van der Waals surface area contributed by atoms with Gasteiger partial charge in [-0.25, -0.2) is 10.7 Å². The molecule has 0 bridgehead atoms. The molecular formula is C5H12N2O4. The highest BCUT2D eigenvalue weighted by atomic mass is 16.6. The number of amides is 1. The van der Waals surface area contributed by atoms with Crippen LogP contribution < -0.4 is 11.2 Å². The third-order valence-corrected chi connectivity index (χ3v) is 0.868. The van der Waals surface area contributed by atoms with E-state index >= 15 is 0 Å². The van der Waals surface area contributed by atoms with Gasteiger partial charge < -0.3 is 20.0 Å². The largest absolute Gasteiger partial charge is 0.465 e. The molecule has 0 aromatic rings. The molecule has 0 atom stereocenters. The molecule has 0 rings (SSSR count). The first-order valence-electron chi connectivity index (χ1n) is 3.13. The maximum atomic E-state index is 9.88. The predicted octanol–water partition coefficient (Wildman–Crippen LogP) is -0.839. The monoisotopic (exact) mass is 164 g/mol. The summed E-state index contributed by atoms with van der Waals surface area (Å²) in [7, 11) is 0. The molecule has 1 amide bonds. The molecule has 0 radical (unpaired) electrons. The number of hydrogen-bond acceptors (Lipinski definition) is 4. The Balaban J connectivity index is 2.85. The van der Waals surface area contributed by atoms with Crippen molar-refractivity contribution in [2.75, 3.05) is 26.4 Å². The SMILES string of the molecule is NOCCOCCNC(=O)O. The molecule has 0 saturated carbocycles. The molecule has 0 heterocycles. The number of rotatable bonds is 6. The van der Waals surface area contributed by atoms with Crippen molar-refractivity contribution in [1.29, 1.82) is 0 Å². The van der Waals surface area contributed by atoms with Crippen molar-refractivity contribution >= 4 is 6.09 Å². The molecule has 0 fully saturated rings. The Hall–Kier alpha value is -0.850. The lowest BCUT2D eigenvalue weighted by atomic mass is 10.7. The number of hydrogen-bond donors (Lipinski definition) is 3. The normalized spacial score (nSPS) is 9.55. The maximum Gasteiger partial charge on any atom is 0.404 e. The van der Waals surface area contributed by atoms with E-state index in [-0.39, 0.29) is 6.54 Å². The molecule has 11 heavy (non-hydrogen) atoms. The molecule has 0 aliphatic carbocycles. The Morgan fingerprint density at radius 2 is 2.18 bits per heavy atom. The smallest absolute Gasteiger partial charge is 0.404 e. The van der Waals surface area contributed by atoms with Crippen molar-refractivity contribution in [3.8, 4) is 0 Å². The van der Waals surface area contributed by atoms with Crippen LogP contribution in [0.3, 0.4) is 0 Å². The van der Waals surface area contributed by atoms with Gasteiger partial charge in [-0.05, 0) is 0 Å². The van der Waals surface area contributed by atoms with Gasteiger partial charge in [0.1, 0.15) is 0 Å². The number of ether oxygens (including phenoxy) is 1. The Labute approximate surface area is 64.2 Å². The fourth-order valence-electron chi connectivity index (χ4n) is 0.439. The van der Waals surface area contributed by atoms with Gasteiger partial charge in [0.15, 0.2) is 0 Å². The fourth-order valence-corrected chi connectivity index (χ4v) is 0.439. The topological polar surface area (TPSA) is 93.8 Å². The number of carbonyl (C=O) groups is 1. The van der Waals surface area contributed by atoms with E-state index in [1.165, 1.54) is 0 Å². The molecule has 0 aliphatic heterocycles. The summed E-state index contributed by atoms with van der Waals surface area (Å²) in [5.74, 6) is 4.70. The third-order valence-electron chi connectivity index (χ3n) is 0.868. The quantitative estimate of drug-likeness (QED) is 0.351. The average Bonchev–Trinajstić information content (AvgIpc) is 1.96. The summed E-state index contributed by atoms with van der Waals surface area (Å²) in [5.41, 5.74) is 0. The van der Waals surface area contributed by atoms with Crippen molar-refractivity contribution in [2.24, 2.45) is 5.90 Å². The van der Waals surface area contributed by atoms with E-state index in [9.17, 15) is 4.79 Å². The number of nitrogens with one attached hydrogen (secondary N) is 1. The van der Waals surface area contributed by atoms with Crippen molar-refractivity contribution in [1.82, 2.24) is 5.32 Å². The van der Waals surface area contributed by atoms with Crippen molar-refractivity contribution in [2.45, 2.75) is 0 Å².